The second kappa shape index (κ2) is 1.65. The van der Waals surface area contributed by atoms with E-state index in [0.717, 1.165) is 0 Å². The number of hydrogen-bond donors (Lipinski definition) is 0. The molecule has 0 amide bonds. The fraction of sp³-hybridized carbons (Fsp3) is 0.800. The van der Waals surface area contributed by atoms with Crippen LogP contribution in [0.25, 0.3) is 0 Å². The largest absolute Gasteiger partial charge is 0.359 e. The first-order valence-electron chi connectivity index (χ1n) is 2.60. The van der Waals surface area contributed by atoms with Crippen LogP contribution in [-0.4, -0.2) is 11.9 Å². The fourth-order valence-corrected chi connectivity index (χ4v) is 0.828. The van der Waals surface area contributed by atoms with Gasteiger partial charge < -0.3 is 0 Å². The summed E-state index contributed by atoms with van der Waals surface area (Å²) in [6.07, 6.45) is -1.09. The van der Waals surface area contributed by atoms with E-state index in [9.17, 15) is 18.7 Å². The van der Waals surface area contributed by atoms with Crippen molar-refractivity contribution < 1.29 is 18.7 Å². The summed E-state index contributed by atoms with van der Waals surface area (Å²) < 4.78 is 23.7. The van der Waals surface area contributed by atoms with Gasteiger partial charge in [0.15, 0.2) is 0 Å². The zero-order chi connectivity index (χ0) is 7.07. The lowest BCUT2D eigenvalue weighted by molar-refractivity contribution is -0.171. The van der Waals surface area contributed by atoms with E-state index in [1.54, 1.807) is 0 Å². The molecule has 1 aliphatic rings. The van der Waals surface area contributed by atoms with Gasteiger partial charge in [-0.1, -0.05) is 0 Å². The molecular weight excluding hydrogens is 125 g/mol. The molecule has 51 valence electrons. The molecule has 2 nitrogen and oxygen atoms in total. The zero-order valence-corrected chi connectivity index (χ0v) is 4.56. The molecule has 0 heterocycles. The van der Waals surface area contributed by atoms with E-state index in [4.69, 9.17) is 0 Å². The van der Waals surface area contributed by atoms with Crippen molar-refractivity contribution in [1.82, 2.24) is 0 Å². The van der Waals surface area contributed by atoms with Gasteiger partial charge in [-0.3, -0.25) is 0 Å². The van der Waals surface area contributed by atoms with Gasteiger partial charge in [0, 0.05) is 12.8 Å². The summed E-state index contributed by atoms with van der Waals surface area (Å²) in [4.78, 5) is 9.82. The van der Waals surface area contributed by atoms with Crippen molar-refractivity contribution in [3.05, 3.63) is 0 Å². The van der Waals surface area contributed by atoms with Crippen LogP contribution < -0.4 is 0 Å². The lowest BCUT2D eigenvalue weighted by Gasteiger charge is -2.30. The quantitative estimate of drug-likeness (QED) is 0.521. The molecule has 1 saturated carbocycles. The van der Waals surface area contributed by atoms with Crippen LogP contribution in [0.15, 0.2) is 0 Å². The van der Waals surface area contributed by atoms with Crippen molar-refractivity contribution in [1.29, 1.82) is 0 Å². The lowest BCUT2D eigenvalue weighted by Crippen LogP contribution is -2.39. The van der Waals surface area contributed by atoms with Crippen molar-refractivity contribution in [2.24, 2.45) is 5.92 Å². The molecule has 0 atom stereocenters. The van der Waals surface area contributed by atoms with Crippen LogP contribution >= 0.6 is 0 Å². The van der Waals surface area contributed by atoms with Crippen LogP contribution in [0.3, 0.4) is 0 Å². The molecule has 4 heteroatoms. The van der Waals surface area contributed by atoms with E-state index >= 15 is 0 Å². The van der Waals surface area contributed by atoms with Gasteiger partial charge in [-0.15, -0.1) is 0 Å². The summed E-state index contributed by atoms with van der Waals surface area (Å²) in [7, 11) is 0. The van der Waals surface area contributed by atoms with Gasteiger partial charge in [-0.25, -0.2) is 18.7 Å². The Morgan fingerprint density at radius 2 is 2.00 bits per heavy atom. The maximum absolute atomic E-state index is 11.9. The molecule has 0 unspecified atom stereocenters. The number of rotatable bonds is 1. The highest BCUT2D eigenvalue weighted by atomic mass is 19.3. The average Bonchev–Trinajstić information content (AvgIpc) is 1.59. The molecule has 1 aliphatic carbocycles. The number of carbonyl (C=O) groups is 1. The predicted molar refractivity (Wildman–Crippen MR) is 23.4 cm³/mol. The molecule has 0 aromatic carbocycles. The molecule has 1 radical (unpaired) electrons. The minimum absolute atomic E-state index is 0.546. The zero-order valence-electron chi connectivity index (χ0n) is 4.56. The Bertz CT molecular complexity index is 136. The average molecular weight is 130 g/mol. The minimum atomic E-state index is -2.75. The van der Waals surface area contributed by atoms with E-state index in [-0.39, 0.29) is 0 Å². The van der Waals surface area contributed by atoms with Gasteiger partial charge in [0.2, 0.25) is 5.92 Å². The van der Waals surface area contributed by atoms with Crippen LogP contribution in [0.1, 0.15) is 12.8 Å². The van der Waals surface area contributed by atoms with E-state index in [1.807, 2.05) is 0 Å². The molecule has 0 N–H and O–H groups in total. The topological polar surface area (TPSA) is 37.0 Å². The molecule has 0 bridgehead atoms. The predicted octanol–water partition coefficient (Wildman–Crippen LogP) is 0.989. The van der Waals surface area contributed by atoms with Crippen molar-refractivity contribution in [3.63, 3.8) is 0 Å². The summed E-state index contributed by atoms with van der Waals surface area (Å²) in [6, 6.07) is 0. The Balaban J connectivity index is 2.35. The van der Waals surface area contributed by atoms with Crippen LogP contribution in [0.4, 0.5) is 8.78 Å². The Morgan fingerprint density at radius 1 is 1.56 bits per heavy atom. The standard InChI is InChI=1S/C5H5F2O2/c6-5(7)1-3(2-5)4(8)9/h3H,1-2H2/i8-5. The second-order valence-electron chi connectivity index (χ2n) is 2.28. The van der Waals surface area contributed by atoms with E-state index < -0.39 is 30.7 Å². The van der Waals surface area contributed by atoms with Crippen molar-refractivity contribution in [2.45, 2.75) is 18.8 Å². The van der Waals surface area contributed by atoms with Crippen LogP contribution in [0, 0.1) is 5.92 Å². The number of alkyl halides is 2. The van der Waals surface area contributed by atoms with Gasteiger partial charge in [-0.2, -0.15) is 0 Å². The third kappa shape index (κ3) is 1.17. The second-order valence-corrected chi connectivity index (χ2v) is 2.28. The summed E-state index contributed by atoms with van der Waals surface area (Å²) in [5.41, 5.74) is 0. The first-order chi connectivity index (χ1) is 4.01. The Hall–Kier alpha value is -0.670. The third-order valence-corrected chi connectivity index (χ3v) is 1.42. The SMILES string of the molecule is O=C([11O])C1CC(F)(F)C1. The minimum Gasteiger partial charge on any atom is -0.247 e. The van der Waals surface area contributed by atoms with Crippen LogP contribution in [-0.2, 0) is 9.90 Å². The molecule has 1 fully saturated rings. The molecule has 0 spiro atoms. The summed E-state index contributed by atoms with van der Waals surface area (Å²) in [5, 5.41) is 9.82. The number of hydrogen-bond acceptors (Lipinski definition) is 1. The highest BCUT2D eigenvalue weighted by Gasteiger charge is 2.49. The van der Waals surface area contributed by atoms with Crippen molar-refractivity contribution in [2.75, 3.05) is 0 Å². The van der Waals surface area contributed by atoms with Gasteiger partial charge in [-0.05, 0) is 0 Å². The first kappa shape index (κ1) is 6.45. The molecule has 0 aromatic rings. The molecule has 0 aliphatic heterocycles. The molecule has 0 aromatic heterocycles. The van der Waals surface area contributed by atoms with Gasteiger partial charge in [0.1, 0.15) is 0 Å². The normalized spacial score (nSPS) is 25.1. The van der Waals surface area contributed by atoms with E-state index in [0.29, 0.717) is 0 Å². The first-order valence-corrected chi connectivity index (χ1v) is 2.60. The van der Waals surface area contributed by atoms with Crippen LogP contribution in [0.5, 0.6) is 0 Å². The molecule has 0 saturated heterocycles. The van der Waals surface area contributed by atoms with Gasteiger partial charge in [0.25, 0.3) is 0 Å². The summed E-state index contributed by atoms with van der Waals surface area (Å²) in [6.45, 7) is 0. The van der Waals surface area contributed by atoms with E-state index in [2.05, 4.69) is 0 Å². The summed E-state index contributed by atoms with van der Waals surface area (Å²) >= 11 is 0. The summed E-state index contributed by atoms with van der Waals surface area (Å²) in [5.74, 6) is -5.02. The van der Waals surface area contributed by atoms with Gasteiger partial charge >= 0.3 is 5.97 Å². The highest BCUT2D eigenvalue weighted by molar-refractivity contribution is 5.71. The highest BCUT2D eigenvalue weighted by Crippen LogP contribution is 2.42. The lowest BCUT2D eigenvalue weighted by atomic mass is 9.75. The molecule has 9 heavy (non-hydrogen) atoms. The van der Waals surface area contributed by atoms with E-state index in [1.165, 1.54) is 0 Å². The maximum Gasteiger partial charge on any atom is 0.359 e. The molecular formula is C5H5F2O2. The van der Waals surface area contributed by atoms with Crippen LogP contribution in [0.2, 0.25) is 0 Å². The Kier molecular flexibility index (Phi) is 1.18. The Morgan fingerprint density at radius 3 is 2.11 bits per heavy atom. The van der Waals surface area contributed by atoms with Crippen molar-refractivity contribution in [3.8, 4) is 0 Å². The fourth-order valence-electron chi connectivity index (χ4n) is 0.828. The maximum atomic E-state index is 11.9. The van der Waals surface area contributed by atoms with Crippen molar-refractivity contribution >= 4 is 5.97 Å². The number of carbonyl (C=O) groups excluding carboxylic acids is 1. The monoisotopic (exact) mass is 130 g/mol. The smallest absolute Gasteiger partial charge is 0.247 e. The Labute approximate surface area is 50.5 Å². The van der Waals surface area contributed by atoms with Gasteiger partial charge in [0.05, 0.1) is 5.92 Å². The number of halogens is 2. The molecule has 1 rings (SSSR count). The third-order valence-electron chi connectivity index (χ3n) is 1.42.